The molecular weight excluding hydrogens is 159 g/mol. The molecule has 0 amide bonds. The predicted molar refractivity (Wildman–Crippen MR) is 45.4 cm³/mol. The minimum absolute atomic E-state index is 0.663. The van der Waals surface area contributed by atoms with Gasteiger partial charge in [-0.25, -0.2) is 0 Å². The Balaban J connectivity index is 2.74. The SMILES string of the molecule is CCc1ccc(O[PH+]=O)cc1. The van der Waals surface area contributed by atoms with Crippen molar-refractivity contribution in [3.8, 4) is 5.75 Å². The minimum atomic E-state index is -0.717. The van der Waals surface area contributed by atoms with Gasteiger partial charge in [-0.15, -0.1) is 0 Å². The highest BCUT2D eigenvalue weighted by Gasteiger charge is 1.96. The van der Waals surface area contributed by atoms with Gasteiger partial charge in [-0.2, -0.15) is 0 Å². The van der Waals surface area contributed by atoms with Gasteiger partial charge < -0.3 is 0 Å². The van der Waals surface area contributed by atoms with Crippen molar-refractivity contribution in [1.82, 2.24) is 0 Å². The first kappa shape index (κ1) is 8.22. The molecule has 3 heteroatoms. The van der Waals surface area contributed by atoms with Crippen LogP contribution in [0.15, 0.2) is 24.3 Å². The Morgan fingerprint density at radius 3 is 2.45 bits per heavy atom. The first-order valence-corrected chi connectivity index (χ1v) is 4.31. The maximum absolute atomic E-state index is 10.1. The van der Waals surface area contributed by atoms with Crippen LogP contribution in [0.25, 0.3) is 0 Å². The van der Waals surface area contributed by atoms with Crippen molar-refractivity contribution < 1.29 is 9.09 Å². The van der Waals surface area contributed by atoms with Gasteiger partial charge in [0, 0.05) is 0 Å². The van der Waals surface area contributed by atoms with E-state index in [0.717, 1.165) is 6.42 Å². The van der Waals surface area contributed by atoms with E-state index in [1.165, 1.54) is 5.56 Å². The predicted octanol–water partition coefficient (Wildman–Crippen LogP) is 2.57. The van der Waals surface area contributed by atoms with Gasteiger partial charge in [-0.1, -0.05) is 19.1 Å². The van der Waals surface area contributed by atoms with Crippen LogP contribution in [0.2, 0.25) is 0 Å². The first-order chi connectivity index (χ1) is 5.36. The van der Waals surface area contributed by atoms with Crippen molar-refractivity contribution in [2.24, 2.45) is 0 Å². The highest BCUT2D eigenvalue weighted by Crippen LogP contribution is 2.15. The van der Waals surface area contributed by atoms with Gasteiger partial charge in [0.05, 0.1) is 0 Å². The van der Waals surface area contributed by atoms with Crippen LogP contribution in [0, 0.1) is 0 Å². The Labute approximate surface area is 67.5 Å². The lowest BCUT2D eigenvalue weighted by atomic mass is 10.2. The van der Waals surface area contributed by atoms with Crippen molar-refractivity contribution in [2.75, 3.05) is 0 Å². The summed E-state index contributed by atoms with van der Waals surface area (Å²) in [6, 6.07) is 7.58. The van der Waals surface area contributed by atoms with Crippen LogP contribution in [0.3, 0.4) is 0 Å². The maximum atomic E-state index is 10.1. The quantitative estimate of drug-likeness (QED) is 0.650. The summed E-state index contributed by atoms with van der Waals surface area (Å²) in [5, 5.41) is 0. The lowest BCUT2D eigenvalue weighted by Crippen LogP contribution is -1.79. The standard InChI is InChI=1S/C8H10O2P/c1-2-7-3-5-8(6-4-7)10-11-9/h3-6,11H,2H2,1H3/q+1. The molecule has 0 saturated heterocycles. The van der Waals surface area contributed by atoms with Crippen molar-refractivity contribution >= 4 is 8.69 Å². The third-order valence-electron chi connectivity index (χ3n) is 1.49. The van der Waals surface area contributed by atoms with Gasteiger partial charge in [0.25, 0.3) is 0 Å². The molecule has 0 aliphatic carbocycles. The maximum Gasteiger partial charge on any atom is 0.542 e. The summed E-state index contributed by atoms with van der Waals surface area (Å²) in [5.41, 5.74) is 1.26. The highest BCUT2D eigenvalue weighted by atomic mass is 31.1. The Morgan fingerprint density at radius 2 is 2.00 bits per heavy atom. The number of aryl methyl sites for hydroxylation is 1. The molecule has 0 heterocycles. The van der Waals surface area contributed by atoms with E-state index in [-0.39, 0.29) is 0 Å². The zero-order chi connectivity index (χ0) is 8.10. The van der Waals surface area contributed by atoms with E-state index in [2.05, 4.69) is 6.92 Å². The first-order valence-electron chi connectivity index (χ1n) is 3.49. The molecule has 0 fully saturated rings. The Morgan fingerprint density at radius 1 is 1.36 bits per heavy atom. The van der Waals surface area contributed by atoms with Crippen LogP contribution < -0.4 is 4.52 Å². The lowest BCUT2D eigenvalue weighted by Gasteiger charge is -1.94. The largest absolute Gasteiger partial charge is 0.542 e. The molecule has 0 radical (unpaired) electrons. The van der Waals surface area contributed by atoms with Crippen molar-refractivity contribution in [1.29, 1.82) is 0 Å². The van der Waals surface area contributed by atoms with Gasteiger partial charge >= 0.3 is 8.69 Å². The smallest absolute Gasteiger partial charge is 0.256 e. The van der Waals surface area contributed by atoms with Gasteiger partial charge in [0.15, 0.2) is 5.75 Å². The van der Waals surface area contributed by atoms with Crippen LogP contribution in [-0.4, -0.2) is 0 Å². The fraction of sp³-hybridized carbons (Fsp3) is 0.250. The summed E-state index contributed by atoms with van der Waals surface area (Å²) in [6.45, 7) is 2.09. The van der Waals surface area contributed by atoms with Crippen LogP contribution in [-0.2, 0) is 11.0 Å². The minimum Gasteiger partial charge on any atom is -0.256 e. The van der Waals surface area contributed by atoms with E-state index >= 15 is 0 Å². The molecule has 0 saturated carbocycles. The number of hydrogen-bond donors (Lipinski definition) is 0. The van der Waals surface area contributed by atoms with Gasteiger partial charge in [-0.05, 0) is 28.7 Å². The van der Waals surface area contributed by atoms with Crippen LogP contribution in [0.1, 0.15) is 12.5 Å². The summed E-state index contributed by atoms with van der Waals surface area (Å²) in [4.78, 5) is 0. The second-order valence-corrected chi connectivity index (χ2v) is 2.55. The lowest BCUT2D eigenvalue weighted by molar-refractivity contribution is 0.525. The zero-order valence-corrected chi connectivity index (χ0v) is 7.33. The second kappa shape index (κ2) is 4.09. The number of rotatable bonds is 3. The fourth-order valence-electron chi connectivity index (χ4n) is 0.841. The van der Waals surface area contributed by atoms with E-state index < -0.39 is 8.69 Å². The van der Waals surface area contributed by atoms with E-state index in [0.29, 0.717) is 5.75 Å². The van der Waals surface area contributed by atoms with Crippen molar-refractivity contribution in [2.45, 2.75) is 13.3 Å². The molecule has 0 bridgehead atoms. The number of hydrogen-bond acceptors (Lipinski definition) is 2. The van der Waals surface area contributed by atoms with E-state index in [1.54, 1.807) is 0 Å². The summed E-state index contributed by atoms with van der Waals surface area (Å²) >= 11 is 0. The molecule has 1 aromatic carbocycles. The monoisotopic (exact) mass is 169 g/mol. The Hall–Kier alpha value is -0.880. The fourth-order valence-corrected chi connectivity index (χ4v) is 1.07. The van der Waals surface area contributed by atoms with Crippen LogP contribution in [0.4, 0.5) is 0 Å². The van der Waals surface area contributed by atoms with Gasteiger partial charge in [0.2, 0.25) is 0 Å². The Bertz CT molecular complexity index is 230. The normalized spacial score (nSPS) is 9.91. The third kappa shape index (κ3) is 2.32. The molecule has 0 aromatic heterocycles. The summed E-state index contributed by atoms with van der Waals surface area (Å²) < 4.78 is 14.8. The molecule has 0 aliphatic rings. The molecule has 1 rings (SSSR count). The van der Waals surface area contributed by atoms with E-state index in [4.69, 9.17) is 4.52 Å². The third-order valence-corrected chi connectivity index (χ3v) is 1.81. The molecule has 0 N–H and O–H groups in total. The average Bonchev–Trinajstić information content (AvgIpc) is 2.07. The molecule has 0 spiro atoms. The van der Waals surface area contributed by atoms with E-state index in [1.807, 2.05) is 24.3 Å². The number of benzene rings is 1. The summed E-state index contributed by atoms with van der Waals surface area (Å²) in [6.07, 6.45) is 1.01. The zero-order valence-electron chi connectivity index (χ0n) is 6.33. The average molecular weight is 169 g/mol. The second-order valence-electron chi connectivity index (χ2n) is 2.18. The topological polar surface area (TPSA) is 26.3 Å². The summed E-state index contributed by atoms with van der Waals surface area (Å²) in [5.74, 6) is 0.663. The molecule has 11 heavy (non-hydrogen) atoms. The molecule has 1 atom stereocenters. The molecule has 0 aliphatic heterocycles. The van der Waals surface area contributed by atoms with E-state index in [9.17, 15) is 4.57 Å². The van der Waals surface area contributed by atoms with Crippen molar-refractivity contribution in [3.63, 3.8) is 0 Å². The molecule has 1 unspecified atom stereocenters. The van der Waals surface area contributed by atoms with Gasteiger partial charge in [-0.3, -0.25) is 4.52 Å². The van der Waals surface area contributed by atoms with Gasteiger partial charge in [0.1, 0.15) is 0 Å². The highest BCUT2D eigenvalue weighted by molar-refractivity contribution is 7.17. The molecular formula is C8H10O2P+. The molecule has 58 valence electrons. The Kier molecular flexibility index (Phi) is 3.06. The summed E-state index contributed by atoms with van der Waals surface area (Å²) in [7, 11) is -0.717. The van der Waals surface area contributed by atoms with Crippen LogP contribution in [0.5, 0.6) is 5.75 Å². The molecule has 2 nitrogen and oxygen atoms in total. The van der Waals surface area contributed by atoms with Crippen LogP contribution >= 0.6 is 8.69 Å². The van der Waals surface area contributed by atoms with Crippen molar-refractivity contribution in [3.05, 3.63) is 29.8 Å². The molecule has 1 aromatic rings.